The maximum atomic E-state index is 5.57. The van der Waals surface area contributed by atoms with Crippen molar-refractivity contribution in [2.45, 2.75) is 184 Å². The normalized spacial score (nSPS) is 12.3. The number of ether oxygens (including phenoxy) is 1. The van der Waals surface area contributed by atoms with E-state index in [1.807, 2.05) is 0 Å². The van der Waals surface area contributed by atoms with E-state index in [1.165, 1.54) is 110 Å². The Labute approximate surface area is 242 Å². The van der Waals surface area contributed by atoms with Gasteiger partial charge in [0.25, 0.3) is 0 Å². The molecule has 0 aromatic carbocycles. The Morgan fingerprint density at radius 2 is 0.972 bits per heavy atom. The van der Waals surface area contributed by atoms with Gasteiger partial charge in [0.05, 0.1) is 0 Å². The zero-order valence-electron chi connectivity index (χ0n) is 26.3. The summed E-state index contributed by atoms with van der Waals surface area (Å²) in [5.74, 6) is 0. The third kappa shape index (κ3) is 24.6. The average Bonchev–Trinajstić information content (AvgIpc) is 2.91. The van der Waals surface area contributed by atoms with Crippen molar-refractivity contribution < 1.29 is 4.74 Å². The van der Waals surface area contributed by atoms with E-state index in [4.69, 9.17) is 11.8 Å². The van der Waals surface area contributed by atoms with Crippen molar-refractivity contribution in [3.63, 3.8) is 0 Å². The summed E-state index contributed by atoms with van der Waals surface area (Å²) in [6.07, 6.45) is 22.1. The predicted octanol–water partition coefficient (Wildman–Crippen LogP) is 11.4. The maximum absolute atomic E-state index is 5.57. The number of rotatable bonds is 26. The molecule has 1 atom stereocenters. The third-order valence-corrected chi connectivity index (χ3v) is 30.7. The first-order chi connectivity index (χ1) is 17.5. The predicted molar refractivity (Wildman–Crippen MR) is 171 cm³/mol. The van der Waals surface area contributed by atoms with Gasteiger partial charge in [0, 0.05) is 0 Å². The van der Waals surface area contributed by atoms with E-state index < -0.39 is 38.4 Å². The first kappa shape index (κ1) is 39.7. The Hall–Kier alpha value is 1.52. The van der Waals surface area contributed by atoms with E-state index in [0.717, 1.165) is 13.0 Å². The molecule has 1 N–H and O–H groups in total. The van der Waals surface area contributed by atoms with Gasteiger partial charge in [-0.2, -0.15) is 0 Å². The van der Waals surface area contributed by atoms with Crippen molar-refractivity contribution in [1.82, 2.24) is 3.54 Å². The van der Waals surface area contributed by atoms with Crippen LogP contribution in [0.3, 0.4) is 0 Å². The summed E-state index contributed by atoms with van der Waals surface area (Å²) in [5, 5.41) is 0. The van der Waals surface area contributed by atoms with E-state index in [-0.39, 0.29) is 6.10 Å². The molecule has 0 fully saturated rings. The van der Waals surface area contributed by atoms with Crippen molar-refractivity contribution in [3.05, 3.63) is 7.11 Å². The molecule has 0 heterocycles. The molecule has 1 radical (unpaired) electrons. The molecule has 1 unspecified atom stereocenters. The van der Waals surface area contributed by atoms with Crippen LogP contribution in [0.5, 0.6) is 0 Å². The molecule has 0 saturated carbocycles. The summed E-state index contributed by atoms with van der Waals surface area (Å²) in [6.45, 7) is 17.2. The summed E-state index contributed by atoms with van der Waals surface area (Å²) in [4.78, 5) is 0. The van der Waals surface area contributed by atoms with Crippen LogP contribution in [-0.4, -0.2) is 51.1 Å². The number of hydrogen-bond acceptors (Lipinski definition) is 2. The summed E-state index contributed by atoms with van der Waals surface area (Å²) >= 11 is -3.06. The van der Waals surface area contributed by atoms with E-state index in [2.05, 4.69) is 52.0 Å². The van der Waals surface area contributed by atoms with Crippen molar-refractivity contribution in [1.29, 1.82) is 0 Å². The molecular weight excluding hydrogens is 652 g/mol. The van der Waals surface area contributed by atoms with Crippen LogP contribution in [0.15, 0.2) is 0 Å². The molecule has 0 aliphatic heterocycles. The van der Waals surface area contributed by atoms with Crippen molar-refractivity contribution in [2.24, 2.45) is 0 Å². The molecule has 0 bridgehead atoms. The molecule has 2 nitrogen and oxygen atoms in total. The van der Waals surface area contributed by atoms with Crippen LogP contribution < -0.4 is 3.54 Å². The SMILES string of the molecule is CCC[CH2][Sn+]([CH2]CCC)[CH2]CCC.[CH-]OC(CCCCC)C[NH][Sn]([CH2]CCC)([CH2]CCC)[CH2]CCC. The second kappa shape index (κ2) is 31.1. The topological polar surface area (TPSA) is 21.3 Å². The van der Waals surface area contributed by atoms with Crippen LogP contribution in [0.1, 0.15) is 151 Å². The van der Waals surface area contributed by atoms with Crippen LogP contribution in [0.25, 0.3) is 0 Å². The van der Waals surface area contributed by atoms with E-state index in [9.17, 15) is 0 Å². The summed E-state index contributed by atoms with van der Waals surface area (Å²) in [6, 6.07) is 0. The molecular formula is C32H70NOSn2. The van der Waals surface area contributed by atoms with Gasteiger partial charge in [-0.25, -0.2) is 0 Å². The molecule has 0 aliphatic rings. The van der Waals surface area contributed by atoms with Gasteiger partial charge in [0.1, 0.15) is 0 Å². The van der Waals surface area contributed by atoms with Gasteiger partial charge in [-0.3, -0.25) is 0 Å². The minimum absolute atomic E-state index is 0.211. The number of unbranched alkanes of at least 4 members (excludes halogenated alkanes) is 8. The van der Waals surface area contributed by atoms with Gasteiger partial charge in [0.15, 0.2) is 0 Å². The molecule has 0 saturated heterocycles. The van der Waals surface area contributed by atoms with Gasteiger partial charge < -0.3 is 0 Å². The van der Waals surface area contributed by atoms with Gasteiger partial charge in [-0.1, -0.05) is 0 Å². The van der Waals surface area contributed by atoms with Crippen molar-refractivity contribution in [3.8, 4) is 0 Å². The van der Waals surface area contributed by atoms with Gasteiger partial charge in [0.2, 0.25) is 0 Å². The Morgan fingerprint density at radius 3 is 1.31 bits per heavy atom. The Balaban J connectivity index is 0. The van der Waals surface area contributed by atoms with E-state index >= 15 is 0 Å². The molecule has 0 amide bonds. The summed E-state index contributed by atoms with van der Waals surface area (Å²) in [5.41, 5.74) is 0. The Bertz CT molecular complexity index is 367. The van der Waals surface area contributed by atoms with Crippen LogP contribution in [0, 0.1) is 7.11 Å². The van der Waals surface area contributed by atoms with Crippen LogP contribution in [0.2, 0.25) is 26.6 Å². The molecule has 0 aliphatic carbocycles. The average molecular weight is 722 g/mol. The fourth-order valence-corrected chi connectivity index (χ4v) is 28.8. The van der Waals surface area contributed by atoms with Crippen LogP contribution >= 0.6 is 0 Å². The second-order valence-electron chi connectivity index (χ2n) is 11.3. The Kier molecular flexibility index (Phi) is 34.2. The third-order valence-electron chi connectivity index (χ3n) is 7.71. The van der Waals surface area contributed by atoms with Gasteiger partial charge >= 0.3 is 244 Å². The zero-order valence-corrected chi connectivity index (χ0v) is 32.0. The fourth-order valence-electron chi connectivity index (χ4n) is 5.01. The van der Waals surface area contributed by atoms with E-state index in [1.54, 1.807) is 13.3 Å². The fraction of sp³-hybridized carbons (Fsp3) is 0.969. The van der Waals surface area contributed by atoms with E-state index in [0.29, 0.717) is 0 Å². The standard InChI is InChI=1S/C8H16NO.6C4H9.2Sn/c1-3-4-5-6-8(7-9)10-2;6*1-3-4-2;;/h2,8-9H,3-7H2,1H3;6*1,3-4H2,2H3;;/q-2;;;;;;;2*+1. The molecule has 0 aromatic heterocycles. The second-order valence-corrected chi connectivity index (χ2v) is 32.4. The molecule has 0 rings (SSSR count). The van der Waals surface area contributed by atoms with Gasteiger partial charge in [-0.05, 0) is 0 Å². The summed E-state index contributed by atoms with van der Waals surface area (Å²) in [7, 11) is 5.57. The van der Waals surface area contributed by atoms with Crippen molar-refractivity contribution >= 4 is 38.4 Å². The zero-order chi connectivity index (χ0) is 27.3. The minimum atomic E-state index is -2.22. The molecule has 4 heteroatoms. The Morgan fingerprint density at radius 1 is 0.583 bits per heavy atom. The quantitative estimate of drug-likeness (QED) is 0.0545. The van der Waals surface area contributed by atoms with Crippen LogP contribution in [0.4, 0.5) is 0 Å². The first-order valence-corrected chi connectivity index (χ1v) is 30.0. The molecule has 0 spiro atoms. The number of nitrogens with one attached hydrogen (secondary N) is 1. The molecule has 36 heavy (non-hydrogen) atoms. The summed E-state index contributed by atoms with van der Waals surface area (Å²) < 4.78 is 18.9. The van der Waals surface area contributed by atoms with Crippen LogP contribution in [-0.2, 0) is 4.74 Å². The number of hydrogen-bond donors (Lipinski definition) is 1. The van der Waals surface area contributed by atoms with Gasteiger partial charge in [-0.15, -0.1) is 0 Å². The first-order valence-electron chi connectivity index (χ1n) is 16.5. The van der Waals surface area contributed by atoms with Crippen molar-refractivity contribution in [2.75, 3.05) is 6.54 Å². The molecule has 217 valence electrons. The molecule has 0 aromatic rings. The monoisotopic (exact) mass is 724 g/mol.